The number of hydrogen-bond donors (Lipinski definition) is 0. The first-order valence-electron chi connectivity index (χ1n) is 8.47. The van der Waals surface area contributed by atoms with Gasteiger partial charge in [0.15, 0.2) is 5.78 Å². The molecule has 4 aliphatic carbocycles. The minimum atomic E-state index is -0.0450. The van der Waals surface area contributed by atoms with E-state index in [1.54, 1.807) is 0 Å². The first kappa shape index (κ1) is 14.0. The highest BCUT2D eigenvalue weighted by Gasteiger charge is 2.56. The Labute approximate surface area is 131 Å². The van der Waals surface area contributed by atoms with E-state index in [2.05, 4.69) is 6.92 Å². The van der Waals surface area contributed by atoms with Crippen molar-refractivity contribution in [3.8, 4) is 0 Å². The zero-order valence-electron chi connectivity index (χ0n) is 12.7. The van der Waals surface area contributed by atoms with Gasteiger partial charge >= 0.3 is 0 Å². The van der Waals surface area contributed by atoms with Gasteiger partial charge in [-0.3, -0.25) is 9.59 Å². The summed E-state index contributed by atoms with van der Waals surface area (Å²) in [4.78, 5) is 24.2. The van der Waals surface area contributed by atoms with Crippen LogP contribution in [-0.4, -0.2) is 11.6 Å². The largest absolute Gasteiger partial charge is 0.299 e. The van der Waals surface area contributed by atoms with E-state index in [4.69, 9.17) is 11.6 Å². The van der Waals surface area contributed by atoms with Crippen LogP contribution >= 0.6 is 11.6 Å². The Morgan fingerprint density at radius 3 is 2.62 bits per heavy atom. The van der Waals surface area contributed by atoms with Gasteiger partial charge in [-0.25, -0.2) is 0 Å². The van der Waals surface area contributed by atoms with Gasteiger partial charge in [-0.05, 0) is 67.8 Å². The highest BCUT2D eigenvalue weighted by atomic mass is 35.5. The summed E-state index contributed by atoms with van der Waals surface area (Å²) in [5.41, 5.74) is 1.21. The summed E-state index contributed by atoms with van der Waals surface area (Å²) < 4.78 is 0. The Morgan fingerprint density at radius 1 is 1.00 bits per heavy atom. The lowest BCUT2D eigenvalue weighted by Crippen LogP contribution is -2.46. The van der Waals surface area contributed by atoms with Crippen LogP contribution in [0.25, 0.3) is 0 Å². The highest BCUT2D eigenvalue weighted by Crippen LogP contribution is 2.61. The molecule has 3 fully saturated rings. The molecule has 0 N–H and O–H groups in total. The van der Waals surface area contributed by atoms with Crippen molar-refractivity contribution in [3.63, 3.8) is 0 Å². The molecule has 0 unspecified atom stereocenters. The maximum atomic E-state index is 12.3. The SMILES string of the molecule is C[C@]12CC[C@H]3[C@@H](CCC4=C(Cl)C(=O)CC[C@@H]43)[C@@H]1CCC2=O. The number of allylic oxidation sites excluding steroid dienone is 1. The summed E-state index contributed by atoms with van der Waals surface area (Å²) in [6.07, 6.45) is 7.81. The van der Waals surface area contributed by atoms with Gasteiger partial charge in [0.05, 0.1) is 5.03 Å². The monoisotopic (exact) mass is 306 g/mol. The maximum absolute atomic E-state index is 12.3. The molecule has 4 rings (SSSR count). The van der Waals surface area contributed by atoms with Gasteiger partial charge in [-0.15, -0.1) is 0 Å². The molecule has 3 saturated carbocycles. The van der Waals surface area contributed by atoms with E-state index >= 15 is 0 Å². The first-order valence-corrected chi connectivity index (χ1v) is 8.85. The van der Waals surface area contributed by atoms with Gasteiger partial charge in [-0.1, -0.05) is 18.5 Å². The topological polar surface area (TPSA) is 34.1 Å². The third-order valence-corrected chi connectivity index (χ3v) is 7.58. The molecule has 3 heteroatoms. The second-order valence-electron chi connectivity index (χ2n) is 7.80. The van der Waals surface area contributed by atoms with E-state index in [9.17, 15) is 9.59 Å². The van der Waals surface area contributed by atoms with Crippen molar-refractivity contribution in [2.75, 3.05) is 0 Å². The Hall–Kier alpha value is -0.630. The van der Waals surface area contributed by atoms with Crippen LogP contribution in [0, 0.1) is 29.1 Å². The van der Waals surface area contributed by atoms with E-state index in [0.717, 1.165) is 44.9 Å². The molecule has 0 heterocycles. The van der Waals surface area contributed by atoms with Crippen LogP contribution in [0.5, 0.6) is 0 Å². The average molecular weight is 307 g/mol. The van der Waals surface area contributed by atoms with Crippen LogP contribution < -0.4 is 0 Å². The molecule has 4 aliphatic rings. The Balaban J connectivity index is 1.67. The molecule has 21 heavy (non-hydrogen) atoms. The predicted molar refractivity (Wildman–Crippen MR) is 81.9 cm³/mol. The van der Waals surface area contributed by atoms with Gasteiger partial charge in [0.2, 0.25) is 0 Å². The van der Waals surface area contributed by atoms with Crippen molar-refractivity contribution < 1.29 is 9.59 Å². The van der Waals surface area contributed by atoms with Crippen LogP contribution in [0.4, 0.5) is 0 Å². The number of fused-ring (bicyclic) bond motifs is 5. The summed E-state index contributed by atoms with van der Waals surface area (Å²) >= 11 is 6.31. The molecule has 0 bridgehead atoms. The molecular formula is C18H23ClO2. The fourth-order valence-corrected chi connectivity index (χ4v) is 6.33. The molecule has 5 atom stereocenters. The summed E-state index contributed by atoms with van der Waals surface area (Å²) in [7, 11) is 0. The molecule has 0 aromatic carbocycles. The normalized spacial score (nSPS) is 46.2. The number of hydrogen-bond acceptors (Lipinski definition) is 2. The summed E-state index contributed by atoms with van der Waals surface area (Å²) in [6.45, 7) is 2.21. The molecule has 0 saturated heterocycles. The summed E-state index contributed by atoms with van der Waals surface area (Å²) in [5, 5.41) is 0.556. The Kier molecular flexibility index (Phi) is 3.12. The van der Waals surface area contributed by atoms with E-state index in [1.807, 2.05) is 0 Å². The van der Waals surface area contributed by atoms with Crippen molar-refractivity contribution in [1.82, 2.24) is 0 Å². The fraction of sp³-hybridized carbons (Fsp3) is 0.778. The lowest BCUT2D eigenvalue weighted by molar-refractivity contribution is -0.131. The van der Waals surface area contributed by atoms with Gasteiger partial charge in [-0.2, -0.15) is 0 Å². The second kappa shape index (κ2) is 4.68. The Bertz CT molecular complexity index is 549. The second-order valence-corrected chi connectivity index (χ2v) is 8.18. The smallest absolute Gasteiger partial charge is 0.174 e. The van der Waals surface area contributed by atoms with Crippen molar-refractivity contribution >= 4 is 23.2 Å². The number of ketones is 2. The third-order valence-electron chi connectivity index (χ3n) is 7.12. The number of rotatable bonds is 0. The molecule has 0 amide bonds. The molecule has 0 radical (unpaired) electrons. The van der Waals surface area contributed by atoms with Crippen LogP contribution in [0.1, 0.15) is 58.3 Å². The van der Waals surface area contributed by atoms with Gasteiger partial charge < -0.3 is 0 Å². The van der Waals surface area contributed by atoms with Crippen LogP contribution in [0.15, 0.2) is 10.6 Å². The molecule has 0 aliphatic heterocycles. The summed E-state index contributed by atoms with van der Waals surface area (Å²) in [6, 6.07) is 0. The number of Topliss-reactive ketones (excluding diaryl/α,β-unsaturated/α-hetero) is 2. The van der Waals surface area contributed by atoms with Gasteiger partial charge in [0.25, 0.3) is 0 Å². The van der Waals surface area contributed by atoms with E-state index in [1.165, 1.54) is 5.57 Å². The maximum Gasteiger partial charge on any atom is 0.174 e. The van der Waals surface area contributed by atoms with Crippen molar-refractivity contribution in [2.45, 2.75) is 58.3 Å². The summed E-state index contributed by atoms with van der Waals surface area (Å²) in [5.74, 6) is 3.11. The van der Waals surface area contributed by atoms with E-state index in [0.29, 0.717) is 40.9 Å². The van der Waals surface area contributed by atoms with Crippen molar-refractivity contribution in [2.24, 2.45) is 29.1 Å². The number of halogens is 1. The van der Waals surface area contributed by atoms with Crippen molar-refractivity contribution in [1.29, 1.82) is 0 Å². The lowest BCUT2D eigenvalue weighted by atomic mass is 9.52. The van der Waals surface area contributed by atoms with Crippen molar-refractivity contribution in [3.05, 3.63) is 10.6 Å². The average Bonchev–Trinajstić information content (AvgIpc) is 2.78. The molecule has 0 spiro atoms. The standard InChI is InChI=1S/C18H23ClO2/c1-18-9-8-11-10-4-6-15(20)17(19)13(10)3-2-12(11)14(18)5-7-16(18)21/h10-12,14H,2-9H2,1H3/t10-,11-,12-,14+,18+/m1/s1. The number of carbonyl (C=O) groups excluding carboxylic acids is 2. The Morgan fingerprint density at radius 2 is 1.81 bits per heavy atom. The van der Waals surface area contributed by atoms with Crippen LogP contribution in [0.3, 0.4) is 0 Å². The van der Waals surface area contributed by atoms with Crippen LogP contribution in [-0.2, 0) is 9.59 Å². The predicted octanol–water partition coefficient (Wildman–Crippen LogP) is 4.26. The minimum absolute atomic E-state index is 0.0450. The molecule has 2 nitrogen and oxygen atoms in total. The third kappa shape index (κ3) is 1.84. The van der Waals surface area contributed by atoms with Crippen LogP contribution in [0.2, 0.25) is 0 Å². The minimum Gasteiger partial charge on any atom is -0.299 e. The zero-order chi connectivity index (χ0) is 14.8. The molecule has 114 valence electrons. The first-order chi connectivity index (χ1) is 10.0. The number of carbonyl (C=O) groups is 2. The van der Waals surface area contributed by atoms with E-state index < -0.39 is 0 Å². The zero-order valence-corrected chi connectivity index (χ0v) is 13.4. The van der Waals surface area contributed by atoms with Gasteiger partial charge in [0.1, 0.15) is 5.78 Å². The quantitative estimate of drug-likeness (QED) is 0.670. The highest BCUT2D eigenvalue weighted by molar-refractivity contribution is 6.43. The fourth-order valence-electron chi connectivity index (χ4n) is 6.00. The van der Waals surface area contributed by atoms with Gasteiger partial charge in [0, 0.05) is 18.3 Å². The van der Waals surface area contributed by atoms with E-state index in [-0.39, 0.29) is 11.2 Å². The molecule has 0 aromatic rings. The molecule has 0 aromatic heterocycles. The lowest BCUT2D eigenvalue weighted by Gasteiger charge is -2.52. The molecular weight excluding hydrogens is 284 g/mol.